The van der Waals surface area contributed by atoms with Crippen LogP contribution in [0.1, 0.15) is 15.9 Å². The van der Waals surface area contributed by atoms with E-state index in [0.29, 0.717) is 5.75 Å². The number of hydrogen-bond acceptors (Lipinski definition) is 3. The molecule has 0 aliphatic rings. The molecule has 0 heterocycles. The van der Waals surface area contributed by atoms with Crippen molar-refractivity contribution in [2.24, 2.45) is 0 Å². The van der Waals surface area contributed by atoms with Crippen molar-refractivity contribution in [1.82, 2.24) is 5.32 Å². The van der Waals surface area contributed by atoms with Crippen LogP contribution in [0.5, 0.6) is 11.5 Å². The van der Waals surface area contributed by atoms with Crippen molar-refractivity contribution in [3.63, 3.8) is 0 Å². The van der Waals surface area contributed by atoms with Gasteiger partial charge in [0.1, 0.15) is 22.9 Å². The summed E-state index contributed by atoms with van der Waals surface area (Å²) in [6, 6.07) is 10.4. The Kier molecular flexibility index (Phi) is 4.20. The van der Waals surface area contributed by atoms with Gasteiger partial charge in [0.2, 0.25) is 0 Å². The van der Waals surface area contributed by atoms with Crippen LogP contribution in [0.4, 0.5) is 4.39 Å². The predicted octanol–water partition coefficient (Wildman–Crippen LogP) is 2.47. The summed E-state index contributed by atoms with van der Waals surface area (Å²) >= 11 is 0. The van der Waals surface area contributed by atoms with Gasteiger partial charge in [0, 0.05) is 6.54 Å². The molecular formula is C15H14FNO3. The van der Waals surface area contributed by atoms with Gasteiger partial charge >= 0.3 is 0 Å². The molecule has 1 amide bonds. The van der Waals surface area contributed by atoms with Crippen LogP contribution in [0.15, 0.2) is 42.5 Å². The first-order valence-corrected chi connectivity index (χ1v) is 6.00. The first-order chi connectivity index (χ1) is 9.61. The van der Waals surface area contributed by atoms with Gasteiger partial charge in [0.25, 0.3) is 5.91 Å². The van der Waals surface area contributed by atoms with Crippen molar-refractivity contribution in [1.29, 1.82) is 0 Å². The molecule has 20 heavy (non-hydrogen) atoms. The summed E-state index contributed by atoms with van der Waals surface area (Å²) < 4.78 is 17.8. The Bertz CT molecular complexity index is 611. The van der Waals surface area contributed by atoms with Gasteiger partial charge in [-0.15, -0.1) is 0 Å². The monoisotopic (exact) mass is 275 g/mol. The van der Waals surface area contributed by atoms with Gasteiger partial charge in [-0.3, -0.25) is 4.79 Å². The minimum absolute atomic E-state index is 0.0807. The fourth-order valence-corrected chi connectivity index (χ4v) is 1.79. The zero-order valence-electron chi connectivity index (χ0n) is 10.9. The van der Waals surface area contributed by atoms with Gasteiger partial charge in [0.15, 0.2) is 0 Å². The smallest absolute Gasteiger partial charge is 0.259 e. The predicted molar refractivity (Wildman–Crippen MR) is 72.2 cm³/mol. The second-order valence-electron chi connectivity index (χ2n) is 4.16. The summed E-state index contributed by atoms with van der Waals surface area (Å²) in [4.78, 5) is 12.1. The molecule has 4 nitrogen and oxygen atoms in total. The molecule has 0 saturated carbocycles. The lowest BCUT2D eigenvalue weighted by atomic mass is 10.1. The van der Waals surface area contributed by atoms with Crippen LogP contribution in [-0.4, -0.2) is 18.1 Å². The van der Waals surface area contributed by atoms with E-state index < -0.39 is 5.91 Å². The molecular weight excluding hydrogens is 261 g/mol. The van der Waals surface area contributed by atoms with Crippen LogP contribution in [-0.2, 0) is 6.54 Å². The Morgan fingerprint density at radius 2 is 1.95 bits per heavy atom. The van der Waals surface area contributed by atoms with Crippen molar-refractivity contribution >= 4 is 5.91 Å². The molecule has 0 fully saturated rings. The lowest BCUT2D eigenvalue weighted by Crippen LogP contribution is -2.23. The highest BCUT2D eigenvalue weighted by Gasteiger charge is 2.16. The number of nitrogens with one attached hydrogen (secondary N) is 1. The van der Waals surface area contributed by atoms with Crippen LogP contribution < -0.4 is 10.1 Å². The number of carbonyl (C=O) groups excluding carboxylic acids is 1. The second-order valence-corrected chi connectivity index (χ2v) is 4.16. The SMILES string of the molecule is COc1cccc(O)c1C(=O)NCc1ccc(F)cc1. The molecule has 0 bridgehead atoms. The number of phenolic OH excluding ortho intramolecular Hbond substituents is 1. The van der Waals surface area contributed by atoms with Gasteiger partial charge in [-0.1, -0.05) is 18.2 Å². The summed E-state index contributed by atoms with van der Waals surface area (Å²) in [5.74, 6) is -0.644. The van der Waals surface area contributed by atoms with E-state index in [2.05, 4.69) is 5.32 Å². The van der Waals surface area contributed by atoms with Crippen LogP contribution in [0.2, 0.25) is 0 Å². The van der Waals surface area contributed by atoms with E-state index in [9.17, 15) is 14.3 Å². The number of hydrogen-bond donors (Lipinski definition) is 2. The molecule has 0 aromatic heterocycles. The molecule has 2 N–H and O–H groups in total. The Hall–Kier alpha value is -2.56. The van der Waals surface area contributed by atoms with Crippen LogP contribution in [0, 0.1) is 5.82 Å². The number of benzene rings is 2. The maximum atomic E-state index is 12.8. The maximum absolute atomic E-state index is 12.8. The Balaban J connectivity index is 2.11. The summed E-state index contributed by atoms with van der Waals surface area (Å²) in [5, 5.41) is 12.4. The molecule has 2 aromatic rings. The number of methoxy groups -OCH3 is 1. The lowest BCUT2D eigenvalue weighted by molar-refractivity contribution is 0.0945. The highest BCUT2D eigenvalue weighted by atomic mass is 19.1. The number of phenols is 1. The van der Waals surface area contributed by atoms with Crippen LogP contribution in [0.3, 0.4) is 0 Å². The van der Waals surface area contributed by atoms with Crippen LogP contribution in [0.25, 0.3) is 0 Å². The van der Waals surface area contributed by atoms with Crippen molar-refractivity contribution in [2.45, 2.75) is 6.54 Å². The first-order valence-electron chi connectivity index (χ1n) is 6.00. The zero-order chi connectivity index (χ0) is 14.5. The Morgan fingerprint density at radius 3 is 2.60 bits per heavy atom. The third kappa shape index (κ3) is 3.06. The van der Waals surface area contributed by atoms with Crippen molar-refractivity contribution < 1.29 is 19.0 Å². The summed E-state index contributed by atoms with van der Waals surface area (Å²) in [7, 11) is 1.42. The molecule has 2 aromatic carbocycles. The van der Waals surface area contributed by atoms with Gasteiger partial charge in [-0.05, 0) is 29.8 Å². The molecule has 5 heteroatoms. The van der Waals surface area contributed by atoms with Crippen LogP contribution >= 0.6 is 0 Å². The maximum Gasteiger partial charge on any atom is 0.259 e. The summed E-state index contributed by atoms with van der Waals surface area (Å²) in [6.07, 6.45) is 0. The number of aromatic hydroxyl groups is 1. The third-order valence-corrected chi connectivity index (χ3v) is 2.82. The number of ether oxygens (including phenoxy) is 1. The number of amides is 1. The number of carbonyl (C=O) groups is 1. The molecule has 0 spiro atoms. The highest BCUT2D eigenvalue weighted by Crippen LogP contribution is 2.26. The summed E-state index contributed by atoms with van der Waals surface area (Å²) in [6.45, 7) is 0.233. The fraction of sp³-hybridized carbons (Fsp3) is 0.133. The average molecular weight is 275 g/mol. The first kappa shape index (κ1) is 13.9. The molecule has 0 aliphatic heterocycles. The number of rotatable bonds is 4. The topological polar surface area (TPSA) is 58.6 Å². The standard InChI is InChI=1S/C15H14FNO3/c1-20-13-4-2-3-12(18)14(13)15(19)17-9-10-5-7-11(16)8-6-10/h2-8,18H,9H2,1H3,(H,17,19). The lowest BCUT2D eigenvalue weighted by Gasteiger charge is -2.10. The largest absolute Gasteiger partial charge is 0.507 e. The molecule has 0 aliphatic carbocycles. The second kappa shape index (κ2) is 6.06. The molecule has 104 valence electrons. The Labute approximate surface area is 115 Å². The normalized spacial score (nSPS) is 10.1. The molecule has 0 saturated heterocycles. The van der Waals surface area contributed by atoms with E-state index in [1.807, 2.05) is 0 Å². The van der Waals surface area contributed by atoms with E-state index in [1.54, 1.807) is 24.3 Å². The molecule has 0 unspecified atom stereocenters. The van der Waals surface area contributed by atoms with E-state index in [-0.39, 0.29) is 23.7 Å². The van der Waals surface area contributed by atoms with E-state index in [0.717, 1.165) is 5.56 Å². The van der Waals surface area contributed by atoms with Gasteiger partial charge in [-0.25, -0.2) is 4.39 Å². The van der Waals surface area contributed by atoms with Crippen molar-refractivity contribution in [3.8, 4) is 11.5 Å². The molecule has 0 radical (unpaired) electrons. The number of halogens is 1. The van der Waals surface area contributed by atoms with E-state index in [4.69, 9.17) is 4.74 Å². The zero-order valence-corrected chi connectivity index (χ0v) is 10.9. The Morgan fingerprint density at radius 1 is 1.25 bits per heavy atom. The third-order valence-electron chi connectivity index (χ3n) is 2.82. The van der Waals surface area contributed by atoms with Crippen molar-refractivity contribution in [2.75, 3.05) is 7.11 Å². The van der Waals surface area contributed by atoms with E-state index in [1.165, 1.54) is 25.3 Å². The highest BCUT2D eigenvalue weighted by molar-refractivity contribution is 5.99. The molecule has 0 atom stereocenters. The molecule has 2 rings (SSSR count). The minimum atomic E-state index is -0.454. The van der Waals surface area contributed by atoms with Gasteiger partial charge in [0.05, 0.1) is 7.11 Å². The average Bonchev–Trinajstić information content (AvgIpc) is 2.46. The van der Waals surface area contributed by atoms with Gasteiger partial charge in [-0.2, -0.15) is 0 Å². The van der Waals surface area contributed by atoms with E-state index >= 15 is 0 Å². The fourth-order valence-electron chi connectivity index (χ4n) is 1.79. The summed E-state index contributed by atoms with van der Waals surface area (Å²) in [5.41, 5.74) is 0.839. The van der Waals surface area contributed by atoms with Gasteiger partial charge < -0.3 is 15.2 Å². The van der Waals surface area contributed by atoms with Crippen molar-refractivity contribution in [3.05, 3.63) is 59.4 Å². The minimum Gasteiger partial charge on any atom is -0.507 e. The quantitative estimate of drug-likeness (QED) is 0.901.